The standard InChI is InChI=1S/C12H19NO/c1-4-8-14-12-7-6-10(3)9-11(12)13-5-2/h6-7,9,13H,4-5,8H2,1-3H3. The van der Waals surface area contributed by atoms with E-state index in [0.717, 1.165) is 31.0 Å². The highest BCUT2D eigenvalue weighted by Gasteiger charge is 2.01. The summed E-state index contributed by atoms with van der Waals surface area (Å²) in [5.41, 5.74) is 2.35. The van der Waals surface area contributed by atoms with Crippen LogP contribution in [0.1, 0.15) is 25.8 Å². The van der Waals surface area contributed by atoms with E-state index in [1.54, 1.807) is 0 Å². The molecule has 0 amide bonds. The lowest BCUT2D eigenvalue weighted by atomic mass is 10.2. The van der Waals surface area contributed by atoms with Crippen LogP contribution in [0.4, 0.5) is 5.69 Å². The van der Waals surface area contributed by atoms with Crippen LogP contribution in [0.25, 0.3) is 0 Å². The summed E-state index contributed by atoms with van der Waals surface area (Å²) in [5.74, 6) is 0.958. The van der Waals surface area contributed by atoms with Gasteiger partial charge in [0.25, 0.3) is 0 Å². The van der Waals surface area contributed by atoms with Crippen molar-refractivity contribution in [2.45, 2.75) is 27.2 Å². The second kappa shape index (κ2) is 5.53. The Bertz CT molecular complexity index is 284. The normalized spacial score (nSPS) is 9.93. The highest BCUT2D eigenvalue weighted by Crippen LogP contribution is 2.25. The number of nitrogens with one attached hydrogen (secondary N) is 1. The molecule has 2 heteroatoms. The molecule has 1 aromatic rings. The molecule has 0 bridgehead atoms. The van der Waals surface area contributed by atoms with Crippen LogP contribution in [0, 0.1) is 6.92 Å². The molecule has 0 saturated carbocycles. The van der Waals surface area contributed by atoms with Crippen molar-refractivity contribution in [2.75, 3.05) is 18.5 Å². The van der Waals surface area contributed by atoms with Gasteiger partial charge in [-0.15, -0.1) is 0 Å². The highest BCUT2D eigenvalue weighted by atomic mass is 16.5. The number of benzene rings is 1. The molecule has 0 spiro atoms. The monoisotopic (exact) mass is 193 g/mol. The van der Waals surface area contributed by atoms with E-state index in [4.69, 9.17) is 4.74 Å². The smallest absolute Gasteiger partial charge is 0.142 e. The number of aryl methyl sites for hydroxylation is 1. The lowest BCUT2D eigenvalue weighted by Crippen LogP contribution is -2.02. The number of ether oxygens (including phenoxy) is 1. The van der Waals surface area contributed by atoms with Crippen LogP contribution in [-0.4, -0.2) is 13.2 Å². The first-order chi connectivity index (χ1) is 6.77. The van der Waals surface area contributed by atoms with E-state index in [2.05, 4.69) is 38.2 Å². The summed E-state index contributed by atoms with van der Waals surface area (Å²) >= 11 is 0. The van der Waals surface area contributed by atoms with Gasteiger partial charge in [-0.25, -0.2) is 0 Å². The van der Waals surface area contributed by atoms with Crippen molar-refractivity contribution in [2.24, 2.45) is 0 Å². The first-order valence-corrected chi connectivity index (χ1v) is 5.25. The topological polar surface area (TPSA) is 21.3 Å². The fourth-order valence-electron chi connectivity index (χ4n) is 1.31. The largest absolute Gasteiger partial charge is 0.491 e. The van der Waals surface area contributed by atoms with Gasteiger partial charge in [-0.3, -0.25) is 0 Å². The summed E-state index contributed by atoms with van der Waals surface area (Å²) in [6.45, 7) is 7.99. The molecule has 0 unspecified atom stereocenters. The molecule has 0 atom stereocenters. The molecule has 14 heavy (non-hydrogen) atoms. The van der Waals surface area contributed by atoms with Gasteiger partial charge in [0.05, 0.1) is 12.3 Å². The number of hydrogen-bond acceptors (Lipinski definition) is 2. The van der Waals surface area contributed by atoms with Crippen molar-refractivity contribution in [3.8, 4) is 5.75 Å². The summed E-state index contributed by atoms with van der Waals surface area (Å²) in [6.07, 6.45) is 1.04. The minimum atomic E-state index is 0.779. The molecule has 0 heterocycles. The van der Waals surface area contributed by atoms with Gasteiger partial charge >= 0.3 is 0 Å². The van der Waals surface area contributed by atoms with E-state index in [1.165, 1.54) is 5.56 Å². The van der Waals surface area contributed by atoms with Crippen molar-refractivity contribution < 1.29 is 4.74 Å². The molecule has 1 rings (SSSR count). The molecule has 0 aliphatic carbocycles. The molecule has 1 N–H and O–H groups in total. The Hall–Kier alpha value is -1.18. The van der Waals surface area contributed by atoms with E-state index in [-0.39, 0.29) is 0 Å². The third-order valence-electron chi connectivity index (χ3n) is 1.96. The molecule has 0 fully saturated rings. The van der Waals surface area contributed by atoms with Gasteiger partial charge in [0.1, 0.15) is 5.75 Å². The molecule has 0 saturated heterocycles. The van der Waals surface area contributed by atoms with Gasteiger partial charge in [-0.1, -0.05) is 13.0 Å². The predicted octanol–water partition coefficient (Wildman–Crippen LogP) is 3.22. The minimum Gasteiger partial charge on any atom is -0.491 e. The van der Waals surface area contributed by atoms with Crippen LogP contribution in [-0.2, 0) is 0 Å². The highest BCUT2D eigenvalue weighted by molar-refractivity contribution is 5.57. The Labute approximate surface area is 86.3 Å². The SMILES string of the molecule is CCCOc1ccc(C)cc1NCC. The van der Waals surface area contributed by atoms with Crippen LogP contribution in [0.2, 0.25) is 0 Å². The van der Waals surface area contributed by atoms with Gasteiger partial charge < -0.3 is 10.1 Å². The van der Waals surface area contributed by atoms with E-state index in [1.807, 2.05) is 6.07 Å². The van der Waals surface area contributed by atoms with E-state index in [0.29, 0.717) is 0 Å². The van der Waals surface area contributed by atoms with Gasteiger partial charge in [-0.2, -0.15) is 0 Å². The van der Waals surface area contributed by atoms with Gasteiger partial charge in [0.15, 0.2) is 0 Å². The molecule has 2 nitrogen and oxygen atoms in total. The van der Waals surface area contributed by atoms with Crippen LogP contribution in [0.15, 0.2) is 18.2 Å². The maximum absolute atomic E-state index is 5.63. The third-order valence-corrected chi connectivity index (χ3v) is 1.96. The maximum Gasteiger partial charge on any atom is 0.142 e. The van der Waals surface area contributed by atoms with Crippen molar-refractivity contribution in [3.63, 3.8) is 0 Å². The fraction of sp³-hybridized carbons (Fsp3) is 0.500. The van der Waals surface area contributed by atoms with E-state index < -0.39 is 0 Å². The zero-order valence-corrected chi connectivity index (χ0v) is 9.26. The number of anilines is 1. The van der Waals surface area contributed by atoms with Crippen molar-refractivity contribution in [1.29, 1.82) is 0 Å². The Balaban J connectivity index is 2.78. The first kappa shape index (κ1) is 10.9. The van der Waals surface area contributed by atoms with Crippen LogP contribution in [0.3, 0.4) is 0 Å². The molecule has 0 radical (unpaired) electrons. The Morgan fingerprint density at radius 3 is 2.71 bits per heavy atom. The van der Waals surface area contributed by atoms with Crippen LogP contribution in [0.5, 0.6) is 5.75 Å². The summed E-state index contributed by atoms with van der Waals surface area (Å²) in [5, 5.41) is 3.30. The molecule has 1 aromatic carbocycles. The average molecular weight is 193 g/mol. The molecule has 78 valence electrons. The van der Waals surface area contributed by atoms with Gasteiger partial charge in [0.2, 0.25) is 0 Å². The minimum absolute atomic E-state index is 0.779. The quantitative estimate of drug-likeness (QED) is 0.775. The summed E-state index contributed by atoms with van der Waals surface area (Å²) in [7, 11) is 0. The van der Waals surface area contributed by atoms with Crippen molar-refractivity contribution >= 4 is 5.69 Å². The summed E-state index contributed by atoms with van der Waals surface area (Å²) in [6, 6.07) is 6.23. The maximum atomic E-state index is 5.63. The zero-order valence-electron chi connectivity index (χ0n) is 9.26. The zero-order chi connectivity index (χ0) is 10.4. The lowest BCUT2D eigenvalue weighted by Gasteiger charge is -2.12. The van der Waals surface area contributed by atoms with E-state index >= 15 is 0 Å². The molecule has 0 aliphatic rings. The Kier molecular flexibility index (Phi) is 4.30. The lowest BCUT2D eigenvalue weighted by molar-refractivity contribution is 0.319. The second-order valence-corrected chi connectivity index (χ2v) is 3.38. The molecular weight excluding hydrogens is 174 g/mol. The number of hydrogen-bond donors (Lipinski definition) is 1. The second-order valence-electron chi connectivity index (χ2n) is 3.38. The summed E-state index contributed by atoms with van der Waals surface area (Å²) in [4.78, 5) is 0. The third kappa shape index (κ3) is 2.95. The first-order valence-electron chi connectivity index (χ1n) is 5.25. The van der Waals surface area contributed by atoms with Crippen molar-refractivity contribution in [3.05, 3.63) is 23.8 Å². The molecular formula is C12H19NO. The molecule has 0 aromatic heterocycles. The molecule has 0 aliphatic heterocycles. The van der Waals surface area contributed by atoms with Gasteiger partial charge in [0, 0.05) is 6.54 Å². The fourth-order valence-corrected chi connectivity index (χ4v) is 1.31. The summed E-state index contributed by atoms with van der Waals surface area (Å²) < 4.78 is 5.63. The van der Waals surface area contributed by atoms with E-state index in [9.17, 15) is 0 Å². The van der Waals surface area contributed by atoms with Crippen molar-refractivity contribution in [1.82, 2.24) is 0 Å². The van der Waals surface area contributed by atoms with Crippen LogP contribution >= 0.6 is 0 Å². The Morgan fingerprint density at radius 1 is 1.29 bits per heavy atom. The number of rotatable bonds is 5. The Morgan fingerprint density at radius 2 is 2.07 bits per heavy atom. The average Bonchev–Trinajstić information content (AvgIpc) is 2.17. The predicted molar refractivity (Wildman–Crippen MR) is 61.1 cm³/mol. The van der Waals surface area contributed by atoms with Crippen LogP contribution < -0.4 is 10.1 Å². The van der Waals surface area contributed by atoms with Gasteiger partial charge in [-0.05, 0) is 38.0 Å².